The lowest BCUT2D eigenvalue weighted by Crippen LogP contribution is -2.19. The smallest absolute Gasteiger partial charge is 0.181 e. The fraction of sp³-hybridized carbons (Fsp3) is 0.235. The van der Waals surface area contributed by atoms with E-state index in [0.717, 1.165) is 30.0 Å². The van der Waals surface area contributed by atoms with Gasteiger partial charge >= 0.3 is 0 Å². The van der Waals surface area contributed by atoms with E-state index in [1.807, 2.05) is 49.5 Å². The number of benzene rings is 1. The average molecular weight is 308 g/mol. The van der Waals surface area contributed by atoms with Crippen LogP contribution in [0, 0.1) is 0 Å². The van der Waals surface area contributed by atoms with Crippen LogP contribution in [0.2, 0.25) is 0 Å². The Morgan fingerprint density at radius 2 is 1.87 bits per heavy atom. The zero-order valence-electron chi connectivity index (χ0n) is 13.0. The number of aromatic amines is 1. The Morgan fingerprint density at radius 1 is 1.09 bits per heavy atom. The first kappa shape index (κ1) is 15.2. The largest absolute Gasteiger partial charge is 0.375 e. The van der Waals surface area contributed by atoms with Crippen molar-refractivity contribution in [3.05, 3.63) is 60.7 Å². The number of para-hydroxylation sites is 1. The van der Waals surface area contributed by atoms with E-state index in [1.165, 1.54) is 0 Å². The number of pyridine rings is 1. The van der Waals surface area contributed by atoms with E-state index in [0.29, 0.717) is 5.82 Å². The minimum atomic E-state index is 0.0629. The first-order valence-electron chi connectivity index (χ1n) is 7.65. The van der Waals surface area contributed by atoms with Gasteiger partial charge in [0, 0.05) is 23.6 Å². The number of nitrogens with zero attached hydrogens (tertiary/aromatic N) is 3. The summed E-state index contributed by atoms with van der Waals surface area (Å²) in [5.41, 5.74) is 2.02. The Balaban J connectivity index is 1.81. The topological polar surface area (TPSA) is 78.5 Å². The molecule has 3 aromatic rings. The highest BCUT2D eigenvalue weighted by Crippen LogP contribution is 2.22. The summed E-state index contributed by atoms with van der Waals surface area (Å²) in [6, 6.07) is 14.0. The zero-order chi connectivity index (χ0) is 15.9. The van der Waals surface area contributed by atoms with Crippen molar-refractivity contribution in [2.24, 2.45) is 0 Å². The Kier molecular flexibility index (Phi) is 4.95. The molecule has 0 bridgehead atoms. The van der Waals surface area contributed by atoms with Gasteiger partial charge in [-0.15, -0.1) is 0 Å². The summed E-state index contributed by atoms with van der Waals surface area (Å²) in [6.45, 7) is 0.885. The van der Waals surface area contributed by atoms with E-state index in [9.17, 15) is 0 Å². The molecule has 0 aliphatic rings. The predicted octanol–water partition coefficient (Wildman–Crippen LogP) is 2.63. The fourth-order valence-corrected chi connectivity index (χ4v) is 2.36. The van der Waals surface area contributed by atoms with Gasteiger partial charge < -0.3 is 10.6 Å². The van der Waals surface area contributed by atoms with Crippen LogP contribution >= 0.6 is 0 Å². The number of H-pyrrole nitrogens is 1. The van der Waals surface area contributed by atoms with Gasteiger partial charge in [0.25, 0.3) is 0 Å². The Bertz CT molecular complexity index is 710. The van der Waals surface area contributed by atoms with Crippen molar-refractivity contribution in [1.29, 1.82) is 0 Å². The van der Waals surface area contributed by atoms with Crippen LogP contribution in [0.25, 0.3) is 11.4 Å². The maximum absolute atomic E-state index is 4.65. The molecule has 2 heterocycles. The van der Waals surface area contributed by atoms with Crippen molar-refractivity contribution in [3.63, 3.8) is 0 Å². The van der Waals surface area contributed by atoms with Gasteiger partial charge in [-0.1, -0.05) is 18.2 Å². The van der Waals surface area contributed by atoms with Crippen LogP contribution < -0.4 is 10.6 Å². The van der Waals surface area contributed by atoms with Crippen LogP contribution in [0.3, 0.4) is 0 Å². The fourth-order valence-electron chi connectivity index (χ4n) is 2.36. The Hall–Kier alpha value is -2.73. The standard InChI is InChI=1S/C17H20N6/c1-18-10-9-15(20-14-5-3-2-4-6-14)17-21-16(22-23-17)13-7-11-19-12-8-13/h2-8,11-12,15,18,20H,9-10H2,1H3,(H,21,22,23). The molecular formula is C17H20N6. The number of aromatic nitrogens is 4. The molecule has 1 aromatic carbocycles. The monoisotopic (exact) mass is 308 g/mol. The van der Waals surface area contributed by atoms with E-state index in [4.69, 9.17) is 0 Å². The van der Waals surface area contributed by atoms with Crippen LogP contribution in [-0.4, -0.2) is 33.8 Å². The molecule has 6 heteroatoms. The molecule has 3 rings (SSSR count). The number of hydrogen-bond donors (Lipinski definition) is 3. The van der Waals surface area contributed by atoms with Crippen molar-refractivity contribution in [1.82, 2.24) is 25.5 Å². The lowest BCUT2D eigenvalue weighted by Gasteiger charge is -2.17. The summed E-state index contributed by atoms with van der Waals surface area (Å²) >= 11 is 0. The van der Waals surface area contributed by atoms with Gasteiger partial charge in [-0.25, -0.2) is 4.98 Å². The van der Waals surface area contributed by atoms with Crippen molar-refractivity contribution in [3.8, 4) is 11.4 Å². The zero-order valence-corrected chi connectivity index (χ0v) is 13.0. The molecule has 23 heavy (non-hydrogen) atoms. The average Bonchev–Trinajstić information content (AvgIpc) is 3.10. The number of anilines is 1. The number of rotatable bonds is 7. The van der Waals surface area contributed by atoms with Crippen LogP contribution in [-0.2, 0) is 0 Å². The molecule has 2 aromatic heterocycles. The van der Waals surface area contributed by atoms with Crippen molar-refractivity contribution in [2.45, 2.75) is 12.5 Å². The lowest BCUT2D eigenvalue weighted by molar-refractivity contribution is 0.620. The quantitative estimate of drug-likeness (QED) is 0.625. The second kappa shape index (κ2) is 7.51. The van der Waals surface area contributed by atoms with E-state index < -0.39 is 0 Å². The number of nitrogens with one attached hydrogen (secondary N) is 3. The summed E-state index contributed by atoms with van der Waals surface area (Å²) < 4.78 is 0. The molecule has 0 spiro atoms. The van der Waals surface area contributed by atoms with Gasteiger partial charge in [0.1, 0.15) is 5.82 Å². The molecule has 0 aliphatic heterocycles. The van der Waals surface area contributed by atoms with Crippen LogP contribution in [0.5, 0.6) is 0 Å². The minimum absolute atomic E-state index is 0.0629. The van der Waals surface area contributed by atoms with E-state index >= 15 is 0 Å². The molecule has 0 saturated heterocycles. The molecular weight excluding hydrogens is 288 g/mol. The minimum Gasteiger partial charge on any atom is -0.375 e. The van der Waals surface area contributed by atoms with Gasteiger partial charge in [-0.3, -0.25) is 10.1 Å². The molecule has 0 saturated carbocycles. The molecule has 1 unspecified atom stereocenters. The molecule has 0 radical (unpaired) electrons. The maximum Gasteiger partial charge on any atom is 0.181 e. The van der Waals surface area contributed by atoms with Gasteiger partial charge in [-0.2, -0.15) is 5.10 Å². The van der Waals surface area contributed by atoms with Crippen LogP contribution in [0.4, 0.5) is 5.69 Å². The molecule has 0 aliphatic carbocycles. The summed E-state index contributed by atoms with van der Waals surface area (Å²) in [6.07, 6.45) is 4.38. The Labute approximate surface area is 135 Å². The van der Waals surface area contributed by atoms with Crippen LogP contribution in [0.15, 0.2) is 54.9 Å². The van der Waals surface area contributed by atoms with Crippen molar-refractivity contribution >= 4 is 5.69 Å². The van der Waals surface area contributed by atoms with Gasteiger partial charge in [0.05, 0.1) is 6.04 Å². The van der Waals surface area contributed by atoms with Crippen molar-refractivity contribution in [2.75, 3.05) is 18.9 Å². The van der Waals surface area contributed by atoms with E-state index in [2.05, 4.69) is 30.8 Å². The molecule has 0 amide bonds. The second-order valence-corrected chi connectivity index (χ2v) is 5.24. The molecule has 0 fully saturated rings. The predicted molar refractivity (Wildman–Crippen MR) is 91.0 cm³/mol. The molecule has 1 atom stereocenters. The van der Waals surface area contributed by atoms with E-state index in [1.54, 1.807) is 12.4 Å². The van der Waals surface area contributed by atoms with E-state index in [-0.39, 0.29) is 6.04 Å². The third kappa shape index (κ3) is 3.92. The molecule has 3 N–H and O–H groups in total. The third-order valence-corrected chi connectivity index (χ3v) is 3.57. The SMILES string of the molecule is CNCCC(Nc1ccccc1)c1nc(-c2ccncc2)n[nH]1. The summed E-state index contributed by atoms with van der Waals surface area (Å²) in [5, 5.41) is 14.1. The van der Waals surface area contributed by atoms with Gasteiger partial charge in [-0.05, 0) is 44.3 Å². The van der Waals surface area contributed by atoms with Gasteiger partial charge in [0.2, 0.25) is 0 Å². The third-order valence-electron chi connectivity index (χ3n) is 3.57. The van der Waals surface area contributed by atoms with Gasteiger partial charge in [0.15, 0.2) is 5.82 Å². The maximum atomic E-state index is 4.65. The normalized spacial score (nSPS) is 12.0. The van der Waals surface area contributed by atoms with Crippen molar-refractivity contribution < 1.29 is 0 Å². The van der Waals surface area contributed by atoms with Crippen LogP contribution in [0.1, 0.15) is 18.3 Å². The summed E-state index contributed by atoms with van der Waals surface area (Å²) in [4.78, 5) is 8.67. The first-order chi connectivity index (χ1) is 11.4. The Morgan fingerprint density at radius 3 is 2.61 bits per heavy atom. The molecule has 118 valence electrons. The highest BCUT2D eigenvalue weighted by molar-refractivity contribution is 5.53. The molecule has 6 nitrogen and oxygen atoms in total. The first-order valence-corrected chi connectivity index (χ1v) is 7.65. The number of hydrogen-bond acceptors (Lipinski definition) is 5. The highest BCUT2D eigenvalue weighted by Gasteiger charge is 2.16. The summed E-state index contributed by atoms with van der Waals surface area (Å²) in [7, 11) is 1.95. The highest BCUT2D eigenvalue weighted by atomic mass is 15.2. The summed E-state index contributed by atoms with van der Waals surface area (Å²) in [5.74, 6) is 1.52. The lowest BCUT2D eigenvalue weighted by atomic mass is 10.1. The second-order valence-electron chi connectivity index (χ2n) is 5.24.